The van der Waals surface area contributed by atoms with Crippen molar-refractivity contribution in [3.05, 3.63) is 48.5 Å². The lowest BCUT2D eigenvalue weighted by Crippen LogP contribution is -2.40. The summed E-state index contributed by atoms with van der Waals surface area (Å²) in [6.07, 6.45) is 0.901. The highest BCUT2D eigenvalue weighted by atomic mass is 32.2. The van der Waals surface area contributed by atoms with Gasteiger partial charge in [-0.15, -0.1) is 0 Å². The first-order valence-corrected chi connectivity index (χ1v) is 9.36. The maximum atomic E-state index is 12.7. The van der Waals surface area contributed by atoms with E-state index in [-0.39, 0.29) is 11.4 Å². The number of benzene rings is 2. The first kappa shape index (κ1) is 17.4. The Labute approximate surface area is 146 Å². The van der Waals surface area contributed by atoms with Crippen LogP contribution >= 0.6 is 0 Å². The lowest BCUT2D eigenvalue weighted by Gasteiger charge is -2.21. The van der Waals surface area contributed by atoms with Gasteiger partial charge in [-0.1, -0.05) is 24.3 Å². The van der Waals surface area contributed by atoms with Gasteiger partial charge in [-0.25, -0.2) is 8.42 Å². The van der Waals surface area contributed by atoms with E-state index in [2.05, 4.69) is 0 Å². The summed E-state index contributed by atoms with van der Waals surface area (Å²) < 4.78 is 31.7. The zero-order valence-electron chi connectivity index (χ0n) is 13.8. The van der Waals surface area contributed by atoms with Gasteiger partial charge in [0.2, 0.25) is 10.0 Å². The van der Waals surface area contributed by atoms with Crippen molar-refractivity contribution in [2.45, 2.75) is 23.8 Å². The maximum absolute atomic E-state index is 12.7. The Morgan fingerprint density at radius 2 is 1.64 bits per heavy atom. The van der Waals surface area contributed by atoms with Crippen LogP contribution in [0.15, 0.2) is 53.4 Å². The first-order chi connectivity index (χ1) is 11.9. The molecule has 1 atom stereocenters. The van der Waals surface area contributed by atoms with Crippen LogP contribution in [0.4, 0.5) is 0 Å². The predicted octanol–water partition coefficient (Wildman–Crippen LogP) is 2.60. The summed E-state index contributed by atoms with van der Waals surface area (Å²) in [5, 5.41) is 9.21. The average molecular weight is 361 g/mol. The normalized spacial score (nSPS) is 18.2. The number of aliphatic carboxylic acids is 1. The van der Waals surface area contributed by atoms with Crippen molar-refractivity contribution in [2.24, 2.45) is 0 Å². The molecular weight excluding hydrogens is 342 g/mol. The predicted molar refractivity (Wildman–Crippen MR) is 93.0 cm³/mol. The Balaban J connectivity index is 1.87. The second kappa shape index (κ2) is 6.85. The van der Waals surface area contributed by atoms with Crippen LogP contribution in [0.25, 0.3) is 11.1 Å². The number of rotatable bonds is 5. The van der Waals surface area contributed by atoms with Gasteiger partial charge in [0.15, 0.2) is 0 Å². The number of nitrogens with zero attached hydrogens (tertiary/aromatic N) is 1. The van der Waals surface area contributed by atoms with Crippen LogP contribution in [-0.2, 0) is 14.8 Å². The van der Waals surface area contributed by atoms with E-state index in [0.717, 1.165) is 21.2 Å². The lowest BCUT2D eigenvalue weighted by molar-refractivity contribution is -0.140. The van der Waals surface area contributed by atoms with E-state index in [1.165, 1.54) is 12.1 Å². The highest BCUT2D eigenvalue weighted by Gasteiger charge is 2.39. The molecule has 1 N–H and O–H groups in total. The molecule has 1 fully saturated rings. The second-order valence-electron chi connectivity index (χ2n) is 5.86. The molecule has 0 radical (unpaired) electrons. The number of carbonyl (C=O) groups is 1. The minimum Gasteiger partial charge on any atom is -0.497 e. The molecule has 0 amide bonds. The van der Waals surface area contributed by atoms with Crippen molar-refractivity contribution in [3.8, 4) is 16.9 Å². The third-order valence-corrected chi connectivity index (χ3v) is 6.30. The monoisotopic (exact) mass is 361 g/mol. The summed E-state index contributed by atoms with van der Waals surface area (Å²) in [7, 11) is -2.22. The molecule has 2 aromatic carbocycles. The third kappa shape index (κ3) is 3.38. The van der Waals surface area contributed by atoms with Crippen molar-refractivity contribution in [3.63, 3.8) is 0 Å². The van der Waals surface area contributed by atoms with Crippen LogP contribution in [-0.4, -0.2) is 43.5 Å². The molecule has 6 nitrogen and oxygen atoms in total. The summed E-state index contributed by atoms with van der Waals surface area (Å²) in [5.41, 5.74) is 1.81. The van der Waals surface area contributed by atoms with Gasteiger partial charge in [-0.2, -0.15) is 4.31 Å². The molecule has 0 aromatic heterocycles. The SMILES string of the molecule is COc1ccc(-c2ccc(S(=O)(=O)N3CCC[C@H]3C(=O)O)cc2)cc1. The first-order valence-electron chi connectivity index (χ1n) is 7.92. The van der Waals surface area contributed by atoms with E-state index in [1.807, 2.05) is 24.3 Å². The smallest absolute Gasteiger partial charge is 0.322 e. The fourth-order valence-corrected chi connectivity index (χ4v) is 4.66. The molecule has 1 heterocycles. The molecule has 1 aliphatic rings. The van der Waals surface area contributed by atoms with Crippen molar-refractivity contribution < 1.29 is 23.1 Å². The van der Waals surface area contributed by atoms with Gasteiger partial charge in [0.05, 0.1) is 12.0 Å². The molecule has 25 heavy (non-hydrogen) atoms. The molecule has 2 aromatic rings. The zero-order valence-corrected chi connectivity index (χ0v) is 14.6. The molecule has 7 heteroatoms. The van der Waals surface area contributed by atoms with E-state index in [9.17, 15) is 18.3 Å². The Morgan fingerprint density at radius 3 is 2.16 bits per heavy atom. The van der Waals surface area contributed by atoms with Crippen LogP contribution < -0.4 is 4.74 Å². The van der Waals surface area contributed by atoms with Crippen LogP contribution in [0, 0.1) is 0 Å². The fourth-order valence-electron chi connectivity index (χ4n) is 3.01. The summed E-state index contributed by atoms with van der Waals surface area (Å²) in [5.74, 6) is -0.354. The molecule has 1 saturated heterocycles. The number of ether oxygens (including phenoxy) is 1. The Kier molecular flexibility index (Phi) is 4.78. The van der Waals surface area contributed by atoms with Gasteiger partial charge in [-0.05, 0) is 48.2 Å². The molecule has 132 valence electrons. The molecule has 0 spiro atoms. The van der Waals surface area contributed by atoms with E-state index in [4.69, 9.17) is 4.74 Å². The van der Waals surface area contributed by atoms with Crippen molar-refractivity contribution in [1.82, 2.24) is 4.31 Å². The molecule has 0 unspecified atom stereocenters. The van der Waals surface area contributed by atoms with E-state index in [0.29, 0.717) is 12.8 Å². The molecule has 3 rings (SSSR count). The fraction of sp³-hybridized carbons (Fsp3) is 0.278. The zero-order chi connectivity index (χ0) is 18.0. The minimum atomic E-state index is -3.81. The molecule has 0 aliphatic carbocycles. The highest BCUT2D eigenvalue weighted by Crippen LogP contribution is 2.28. The second-order valence-corrected chi connectivity index (χ2v) is 7.76. The minimum absolute atomic E-state index is 0.109. The van der Waals surface area contributed by atoms with Gasteiger partial charge >= 0.3 is 5.97 Å². The number of methoxy groups -OCH3 is 1. The number of sulfonamides is 1. The van der Waals surface area contributed by atoms with Gasteiger partial charge < -0.3 is 9.84 Å². The summed E-state index contributed by atoms with van der Waals surface area (Å²) >= 11 is 0. The summed E-state index contributed by atoms with van der Waals surface area (Å²) in [6, 6.07) is 13.0. The lowest BCUT2D eigenvalue weighted by atomic mass is 10.1. The van der Waals surface area contributed by atoms with Gasteiger partial charge in [0.25, 0.3) is 0 Å². The molecular formula is C18H19NO5S. The van der Waals surface area contributed by atoms with Gasteiger partial charge in [0.1, 0.15) is 11.8 Å². The largest absolute Gasteiger partial charge is 0.497 e. The topological polar surface area (TPSA) is 83.9 Å². The van der Waals surface area contributed by atoms with Crippen LogP contribution in [0.2, 0.25) is 0 Å². The number of hydrogen-bond acceptors (Lipinski definition) is 4. The van der Waals surface area contributed by atoms with Crippen LogP contribution in [0.1, 0.15) is 12.8 Å². The summed E-state index contributed by atoms with van der Waals surface area (Å²) in [6.45, 7) is 0.236. The number of carboxylic acid groups (broad SMARTS) is 1. The maximum Gasteiger partial charge on any atom is 0.322 e. The average Bonchev–Trinajstić information content (AvgIpc) is 3.13. The molecule has 0 saturated carbocycles. The van der Waals surface area contributed by atoms with Crippen LogP contribution in [0.5, 0.6) is 5.75 Å². The highest BCUT2D eigenvalue weighted by molar-refractivity contribution is 7.89. The van der Waals surface area contributed by atoms with Gasteiger partial charge in [0, 0.05) is 6.54 Å². The standard InChI is InChI=1S/C18H19NO5S/c1-24-15-8-4-13(5-9-15)14-6-10-16(11-7-14)25(22,23)19-12-2-3-17(19)18(20)21/h4-11,17H,2-3,12H2,1H3,(H,20,21)/t17-/m0/s1. The van der Waals surface area contributed by atoms with E-state index in [1.54, 1.807) is 19.2 Å². The van der Waals surface area contributed by atoms with Gasteiger partial charge in [-0.3, -0.25) is 4.79 Å². The van der Waals surface area contributed by atoms with Crippen LogP contribution in [0.3, 0.4) is 0 Å². The van der Waals surface area contributed by atoms with E-state index < -0.39 is 22.0 Å². The van der Waals surface area contributed by atoms with E-state index >= 15 is 0 Å². The quantitative estimate of drug-likeness (QED) is 0.885. The number of carboxylic acids is 1. The number of hydrogen-bond donors (Lipinski definition) is 1. The Morgan fingerprint density at radius 1 is 1.08 bits per heavy atom. The summed E-state index contributed by atoms with van der Waals surface area (Å²) in [4.78, 5) is 11.4. The van der Waals surface area contributed by atoms with Crippen molar-refractivity contribution in [1.29, 1.82) is 0 Å². The Hall–Kier alpha value is -2.38. The third-order valence-electron chi connectivity index (χ3n) is 4.37. The molecule has 1 aliphatic heterocycles. The Bertz CT molecular complexity index is 859. The molecule has 0 bridgehead atoms. The van der Waals surface area contributed by atoms with Crippen molar-refractivity contribution >= 4 is 16.0 Å². The van der Waals surface area contributed by atoms with Crippen molar-refractivity contribution in [2.75, 3.05) is 13.7 Å².